The molecule has 1 amide bonds. The number of nitrogens with one attached hydrogen (secondary N) is 2. The molecule has 0 aromatic heterocycles. The maximum absolute atomic E-state index is 12.7. The number of sulfonamides is 1. The van der Waals surface area contributed by atoms with E-state index in [0.29, 0.717) is 17.0 Å². The average molecular weight is 376 g/mol. The molecule has 0 aliphatic heterocycles. The van der Waals surface area contributed by atoms with Crippen LogP contribution in [0.1, 0.15) is 35.3 Å². The number of ether oxygens (including phenoxy) is 1. The molecule has 2 rings (SSSR count). The van der Waals surface area contributed by atoms with Crippen LogP contribution in [0.3, 0.4) is 0 Å². The van der Waals surface area contributed by atoms with Crippen LogP contribution in [0.2, 0.25) is 0 Å². The van der Waals surface area contributed by atoms with Gasteiger partial charge in [-0.2, -0.15) is 0 Å². The zero-order chi connectivity index (χ0) is 19.5. The Bertz CT molecular complexity index is 921. The SMILES string of the molecule is COc1ccc(S(=O)(=O)NC(C)C)cc1NC(=O)c1cc(C)ccc1C. The van der Waals surface area contributed by atoms with Crippen LogP contribution in [0.25, 0.3) is 0 Å². The van der Waals surface area contributed by atoms with E-state index in [4.69, 9.17) is 4.74 Å². The van der Waals surface area contributed by atoms with Crippen molar-refractivity contribution < 1.29 is 17.9 Å². The van der Waals surface area contributed by atoms with Gasteiger partial charge >= 0.3 is 0 Å². The number of methoxy groups -OCH3 is 1. The summed E-state index contributed by atoms with van der Waals surface area (Å²) in [6.07, 6.45) is 0. The minimum Gasteiger partial charge on any atom is -0.495 e. The molecule has 0 atom stereocenters. The van der Waals surface area contributed by atoms with Gasteiger partial charge in [-0.3, -0.25) is 4.79 Å². The molecule has 0 heterocycles. The molecule has 2 aromatic carbocycles. The maximum Gasteiger partial charge on any atom is 0.256 e. The molecule has 7 heteroatoms. The summed E-state index contributed by atoms with van der Waals surface area (Å²) < 4.78 is 32.5. The fourth-order valence-corrected chi connectivity index (χ4v) is 3.78. The van der Waals surface area contributed by atoms with Crippen molar-refractivity contribution in [3.63, 3.8) is 0 Å². The molecule has 0 saturated heterocycles. The van der Waals surface area contributed by atoms with Gasteiger partial charge in [0.05, 0.1) is 17.7 Å². The zero-order valence-electron chi connectivity index (χ0n) is 15.6. The summed E-state index contributed by atoms with van der Waals surface area (Å²) >= 11 is 0. The fourth-order valence-electron chi connectivity index (χ4n) is 2.50. The van der Waals surface area contributed by atoms with Crippen LogP contribution in [-0.2, 0) is 10.0 Å². The van der Waals surface area contributed by atoms with Gasteiger partial charge in [0.2, 0.25) is 10.0 Å². The molecule has 0 radical (unpaired) electrons. The van der Waals surface area contributed by atoms with Crippen molar-refractivity contribution in [2.75, 3.05) is 12.4 Å². The monoisotopic (exact) mass is 376 g/mol. The van der Waals surface area contributed by atoms with E-state index >= 15 is 0 Å². The Morgan fingerprint density at radius 3 is 2.38 bits per heavy atom. The predicted octanol–water partition coefficient (Wildman–Crippen LogP) is 3.25. The summed E-state index contributed by atoms with van der Waals surface area (Å²) in [5.74, 6) is 0.0584. The fraction of sp³-hybridized carbons (Fsp3) is 0.316. The lowest BCUT2D eigenvalue weighted by Gasteiger charge is -2.15. The highest BCUT2D eigenvalue weighted by molar-refractivity contribution is 7.89. The molecule has 0 saturated carbocycles. The number of carbonyl (C=O) groups is 1. The first-order chi connectivity index (χ1) is 12.1. The van der Waals surface area contributed by atoms with Crippen LogP contribution >= 0.6 is 0 Å². The van der Waals surface area contributed by atoms with E-state index in [2.05, 4.69) is 10.0 Å². The van der Waals surface area contributed by atoms with E-state index < -0.39 is 10.0 Å². The maximum atomic E-state index is 12.7. The van der Waals surface area contributed by atoms with E-state index in [-0.39, 0.29) is 16.8 Å². The lowest BCUT2D eigenvalue weighted by Crippen LogP contribution is -2.30. The lowest BCUT2D eigenvalue weighted by molar-refractivity contribution is 0.102. The Morgan fingerprint density at radius 1 is 1.08 bits per heavy atom. The van der Waals surface area contributed by atoms with Crippen LogP contribution < -0.4 is 14.8 Å². The van der Waals surface area contributed by atoms with Gasteiger partial charge < -0.3 is 10.1 Å². The molecule has 0 spiro atoms. The second-order valence-electron chi connectivity index (χ2n) is 6.41. The smallest absolute Gasteiger partial charge is 0.256 e. The van der Waals surface area contributed by atoms with Crippen molar-refractivity contribution >= 4 is 21.6 Å². The van der Waals surface area contributed by atoms with Crippen molar-refractivity contribution in [3.05, 3.63) is 53.1 Å². The van der Waals surface area contributed by atoms with Crippen LogP contribution in [0.15, 0.2) is 41.3 Å². The number of hydrogen-bond donors (Lipinski definition) is 2. The van der Waals surface area contributed by atoms with Crippen molar-refractivity contribution in [3.8, 4) is 5.75 Å². The summed E-state index contributed by atoms with van der Waals surface area (Å²) in [5.41, 5.74) is 2.62. The third-order valence-electron chi connectivity index (χ3n) is 3.76. The van der Waals surface area contributed by atoms with E-state index in [9.17, 15) is 13.2 Å². The van der Waals surface area contributed by atoms with E-state index in [1.165, 1.54) is 25.3 Å². The molecule has 2 N–H and O–H groups in total. The van der Waals surface area contributed by atoms with Gasteiger partial charge in [0.15, 0.2) is 0 Å². The highest BCUT2D eigenvalue weighted by Crippen LogP contribution is 2.28. The van der Waals surface area contributed by atoms with E-state index in [0.717, 1.165) is 11.1 Å². The molecule has 0 bridgehead atoms. The lowest BCUT2D eigenvalue weighted by atomic mass is 10.0. The van der Waals surface area contributed by atoms with Gasteiger partial charge in [0, 0.05) is 11.6 Å². The Morgan fingerprint density at radius 2 is 1.77 bits per heavy atom. The first-order valence-corrected chi connectivity index (χ1v) is 9.71. The summed E-state index contributed by atoms with van der Waals surface area (Å²) in [5, 5.41) is 2.76. The first-order valence-electron chi connectivity index (χ1n) is 8.23. The van der Waals surface area contributed by atoms with Gasteiger partial charge in [-0.1, -0.05) is 17.7 Å². The Balaban J connectivity index is 2.40. The number of anilines is 1. The molecule has 6 nitrogen and oxygen atoms in total. The molecule has 0 aliphatic rings. The zero-order valence-corrected chi connectivity index (χ0v) is 16.4. The third kappa shape index (κ3) is 4.62. The van der Waals surface area contributed by atoms with Gasteiger partial charge in [-0.05, 0) is 57.5 Å². The largest absolute Gasteiger partial charge is 0.495 e. The molecule has 26 heavy (non-hydrogen) atoms. The van der Waals surface area contributed by atoms with Crippen LogP contribution in [0, 0.1) is 13.8 Å². The summed E-state index contributed by atoms with van der Waals surface area (Å²) in [4.78, 5) is 12.7. The molecule has 0 unspecified atom stereocenters. The standard InChI is InChI=1S/C19H24N2O4S/c1-12(2)21-26(23,24)15-8-9-18(25-5)17(11-15)20-19(22)16-10-13(3)6-7-14(16)4/h6-12,21H,1-5H3,(H,20,22). The Labute approximate surface area is 154 Å². The van der Waals surface area contributed by atoms with E-state index in [1.54, 1.807) is 19.9 Å². The normalized spacial score (nSPS) is 11.5. The van der Waals surface area contributed by atoms with Crippen LogP contribution in [0.5, 0.6) is 5.75 Å². The number of aryl methyl sites for hydroxylation is 2. The number of carbonyl (C=O) groups excluding carboxylic acids is 1. The van der Waals surface area contributed by atoms with Crippen molar-refractivity contribution in [1.29, 1.82) is 0 Å². The summed E-state index contributed by atoms with van der Waals surface area (Å²) in [6.45, 7) is 7.23. The minimum atomic E-state index is -3.68. The topological polar surface area (TPSA) is 84.5 Å². The van der Waals surface area contributed by atoms with Gasteiger partial charge in [-0.25, -0.2) is 13.1 Å². The molecule has 0 fully saturated rings. The predicted molar refractivity (Wildman–Crippen MR) is 102 cm³/mol. The third-order valence-corrected chi connectivity index (χ3v) is 5.41. The quantitative estimate of drug-likeness (QED) is 0.810. The Hall–Kier alpha value is -2.38. The molecule has 2 aromatic rings. The van der Waals surface area contributed by atoms with Gasteiger partial charge in [0.25, 0.3) is 5.91 Å². The van der Waals surface area contributed by atoms with Gasteiger partial charge in [0.1, 0.15) is 5.75 Å². The molecular weight excluding hydrogens is 352 g/mol. The number of rotatable bonds is 6. The molecule has 140 valence electrons. The average Bonchev–Trinajstić information content (AvgIpc) is 2.55. The van der Waals surface area contributed by atoms with Crippen molar-refractivity contribution in [1.82, 2.24) is 4.72 Å². The van der Waals surface area contributed by atoms with Gasteiger partial charge in [-0.15, -0.1) is 0 Å². The second kappa shape index (κ2) is 7.88. The molecule has 0 aliphatic carbocycles. The summed E-state index contributed by atoms with van der Waals surface area (Å²) in [7, 11) is -2.22. The van der Waals surface area contributed by atoms with Crippen molar-refractivity contribution in [2.45, 2.75) is 38.6 Å². The number of benzene rings is 2. The van der Waals surface area contributed by atoms with Crippen LogP contribution in [-0.4, -0.2) is 27.5 Å². The van der Waals surface area contributed by atoms with E-state index in [1.807, 2.05) is 26.0 Å². The van der Waals surface area contributed by atoms with Crippen LogP contribution in [0.4, 0.5) is 5.69 Å². The first kappa shape index (κ1) is 19.9. The highest BCUT2D eigenvalue weighted by atomic mass is 32.2. The molecular formula is C19H24N2O4S. The Kier molecular flexibility index (Phi) is 6.05. The number of hydrogen-bond acceptors (Lipinski definition) is 4. The number of amides is 1. The minimum absolute atomic E-state index is 0.0586. The highest BCUT2D eigenvalue weighted by Gasteiger charge is 2.19. The van der Waals surface area contributed by atoms with Crippen molar-refractivity contribution in [2.24, 2.45) is 0 Å². The summed E-state index contributed by atoms with van der Waals surface area (Å²) in [6, 6.07) is 9.71. The second-order valence-corrected chi connectivity index (χ2v) is 8.12.